The molecule has 3 aromatic rings. The van der Waals surface area contributed by atoms with Gasteiger partial charge in [0.1, 0.15) is 6.04 Å². The van der Waals surface area contributed by atoms with Gasteiger partial charge in [-0.15, -0.1) is 0 Å². The normalized spacial score (nSPS) is 12.7. The van der Waals surface area contributed by atoms with E-state index in [-0.39, 0.29) is 18.6 Å². The Kier molecular flexibility index (Phi) is 8.98. The van der Waals surface area contributed by atoms with E-state index in [0.717, 1.165) is 35.3 Å². The molecule has 0 aliphatic carbocycles. The van der Waals surface area contributed by atoms with Gasteiger partial charge in [0.2, 0.25) is 18.6 Å². The van der Waals surface area contributed by atoms with E-state index >= 15 is 0 Å². The number of fused-ring (bicyclic) bond motifs is 1. The van der Waals surface area contributed by atoms with Crippen molar-refractivity contribution in [1.29, 1.82) is 0 Å². The third-order valence-electron chi connectivity index (χ3n) is 6.36. The minimum atomic E-state index is -0.603. The second kappa shape index (κ2) is 12.8. The van der Waals surface area contributed by atoms with Crippen molar-refractivity contribution in [3.8, 4) is 11.5 Å². The lowest BCUT2D eigenvalue weighted by molar-refractivity contribution is -0.141. The third-order valence-corrected chi connectivity index (χ3v) is 6.36. The van der Waals surface area contributed by atoms with Crippen molar-refractivity contribution < 1.29 is 19.1 Å². The number of unbranched alkanes of at least 4 members (excludes halogenated alkanes) is 1. The van der Waals surface area contributed by atoms with E-state index in [4.69, 9.17) is 9.47 Å². The second-order valence-corrected chi connectivity index (χ2v) is 9.04. The van der Waals surface area contributed by atoms with Crippen molar-refractivity contribution in [2.75, 3.05) is 13.3 Å². The molecule has 0 aromatic heterocycles. The number of hydrogen-bond donors (Lipinski definition) is 1. The molecular weight excluding hydrogens is 452 g/mol. The number of carbonyl (C=O) groups excluding carboxylic acids is 2. The summed E-state index contributed by atoms with van der Waals surface area (Å²) >= 11 is 0. The number of nitrogens with one attached hydrogen (secondary N) is 1. The Bertz CT molecular complexity index is 1130. The number of ether oxygens (including phenoxy) is 2. The van der Waals surface area contributed by atoms with Crippen molar-refractivity contribution in [3.63, 3.8) is 0 Å². The number of amides is 2. The number of carbonyl (C=O) groups is 2. The van der Waals surface area contributed by atoms with E-state index in [2.05, 4.69) is 12.2 Å². The molecule has 4 rings (SSSR count). The van der Waals surface area contributed by atoms with E-state index in [1.165, 1.54) is 0 Å². The number of hydrogen-bond acceptors (Lipinski definition) is 4. The topological polar surface area (TPSA) is 67.9 Å². The van der Waals surface area contributed by atoms with E-state index in [0.29, 0.717) is 38.1 Å². The summed E-state index contributed by atoms with van der Waals surface area (Å²) in [6.45, 7) is 3.29. The average Bonchev–Trinajstić information content (AvgIpc) is 3.38. The van der Waals surface area contributed by atoms with Gasteiger partial charge >= 0.3 is 0 Å². The van der Waals surface area contributed by atoms with Gasteiger partial charge in [-0.3, -0.25) is 9.59 Å². The predicted octanol–water partition coefficient (Wildman–Crippen LogP) is 4.90. The van der Waals surface area contributed by atoms with Crippen LogP contribution in [-0.2, 0) is 29.0 Å². The van der Waals surface area contributed by atoms with Crippen LogP contribution in [0.15, 0.2) is 78.9 Å². The Morgan fingerprint density at radius 1 is 0.889 bits per heavy atom. The van der Waals surface area contributed by atoms with Crippen LogP contribution < -0.4 is 14.8 Å². The van der Waals surface area contributed by atoms with Crippen molar-refractivity contribution in [2.24, 2.45) is 0 Å². The summed E-state index contributed by atoms with van der Waals surface area (Å²) in [6.07, 6.45) is 3.20. The molecule has 0 bridgehead atoms. The lowest BCUT2D eigenvalue weighted by Crippen LogP contribution is -2.50. The van der Waals surface area contributed by atoms with Gasteiger partial charge < -0.3 is 19.7 Å². The Hall–Kier alpha value is -3.80. The van der Waals surface area contributed by atoms with Gasteiger partial charge in [-0.2, -0.15) is 0 Å². The van der Waals surface area contributed by atoms with Gasteiger partial charge in [-0.05, 0) is 41.7 Å². The Balaban J connectivity index is 1.56. The standard InChI is InChI=1S/C30H34N2O4/c1-2-3-18-31-30(34)26(19-23-10-6-4-7-11-23)32(21-25-12-8-5-9-13-25)29(33)17-15-24-14-16-27-28(20-24)36-22-35-27/h4-14,16,20,26H,2-3,15,17-19,21-22H2,1H3,(H,31,34). The summed E-state index contributed by atoms with van der Waals surface area (Å²) < 4.78 is 10.9. The minimum Gasteiger partial charge on any atom is -0.454 e. The zero-order valence-electron chi connectivity index (χ0n) is 20.8. The zero-order chi connectivity index (χ0) is 25.2. The Morgan fingerprint density at radius 2 is 1.58 bits per heavy atom. The van der Waals surface area contributed by atoms with E-state index in [1.807, 2.05) is 78.9 Å². The van der Waals surface area contributed by atoms with Crippen LogP contribution in [0.1, 0.15) is 42.9 Å². The van der Waals surface area contributed by atoms with Crippen LogP contribution in [0.4, 0.5) is 0 Å². The highest BCUT2D eigenvalue weighted by Crippen LogP contribution is 2.32. The number of aryl methyl sites for hydroxylation is 1. The number of nitrogens with zero attached hydrogens (tertiary/aromatic N) is 1. The second-order valence-electron chi connectivity index (χ2n) is 9.04. The van der Waals surface area contributed by atoms with Crippen molar-refractivity contribution in [2.45, 2.75) is 51.6 Å². The van der Waals surface area contributed by atoms with E-state index in [9.17, 15) is 9.59 Å². The molecule has 0 spiro atoms. The smallest absolute Gasteiger partial charge is 0.243 e. The highest BCUT2D eigenvalue weighted by atomic mass is 16.7. The summed E-state index contributed by atoms with van der Waals surface area (Å²) in [5, 5.41) is 3.06. The maximum absolute atomic E-state index is 13.7. The summed E-state index contributed by atoms with van der Waals surface area (Å²) in [6, 6.07) is 24.9. The fraction of sp³-hybridized carbons (Fsp3) is 0.333. The average molecular weight is 487 g/mol. The van der Waals surface area contributed by atoms with Crippen molar-refractivity contribution in [1.82, 2.24) is 10.2 Å². The van der Waals surface area contributed by atoms with E-state index < -0.39 is 6.04 Å². The van der Waals surface area contributed by atoms with Gasteiger partial charge in [0.25, 0.3) is 0 Å². The SMILES string of the molecule is CCCCNC(=O)C(Cc1ccccc1)N(Cc1ccccc1)C(=O)CCc1ccc2c(c1)OCO2. The molecule has 6 nitrogen and oxygen atoms in total. The summed E-state index contributed by atoms with van der Waals surface area (Å²) in [4.78, 5) is 28.9. The summed E-state index contributed by atoms with van der Waals surface area (Å²) in [5.74, 6) is 1.27. The molecule has 0 saturated heterocycles. The predicted molar refractivity (Wildman–Crippen MR) is 140 cm³/mol. The van der Waals surface area contributed by atoms with Gasteiger partial charge in [-0.25, -0.2) is 0 Å². The highest BCUT2D eigenvalue weighted by molar-refractivity contribution is 5.88. The van der Waals surface area contributed by atoms with Crippen LogP contribution in [0.3, 0.4) is 0 Å². The molecule has 2 amide bonds. The maximum atomic E-state index is 13.7. The summed E-state index contributed by atoms with van der Waals surface area (Å²) in [5.41, 5.74) is 3.02. The molecule has 1 unspecified atom stereocenters. The molecule has 1 aliphatic heterocycles. The largest absolute Gasteiger partial charge is 0.454 e. The monoisotopic (exact) mass is 486 g/mol. The van der Waals surface area contributed by atoms with Gasteiger partial charge in [0.15, 0.2) is 11.5 Å². The first-order valence-electron chi connectivity index (χ1n) is 12.7. The lowest BCUT2D eigenvalue weighted by atomic mass is 10.0. The van der Waals surface area contributed by atoms with E-state index in [1.54, 1.807) is 4.90 Å². The lowest BCUT2D eigenvalue weighted by Gasteiger charge is -2.31. The molecule has 6 heteroatoms. The molecule has 0 fully saturated rings. The number of rotatable bonds is 12. The molecule has 0 radical (unpaired) electrons. The molecule has 1 atom stereocenters. The summed E-state index contributed by atoms with van der Waals surface area (Å²) in [7, 11) is 0. The zero-order valence-corrected chi connectivity index (χ0v) is 20.8. The molecular formula is C30H34N2O4. The first kappa shape index (κ1) is 25.3. The van der Waals surface area contributed by atoms with Crippen LogP contribution in [0.2, 0.25) is 0 Å². The van der Waals surface area contributed by atoms with Crippen molar-refractivity contribution in [3.05, 3.63) is 95.6 Å². The first-order valence-corrected chi connectivity index (χ1v) is 12.7. The fourth-order valence-electron chi connectivity index (χ4n) is 4.33. The quantitative estimate of drug-likeness (QED) is 0.370. The molecule has 0 saturated carbocycles. The molecule has 36 heavy (non-hydrogen) atoms. The molecule has 1 N–H and O–H groups in total. The Morgan fingerprint density at radius 3 is 2.31 bits per heavy atom. The van der Waals surface area contributed by atoms with Crippen LogP contribution in [0, 0.1) is 0 Å². The van der Waals surface area contributed by atoms with Crippen LogP contribution >= 0.6 is 0 Å². The molecule has 188 valence electrons. The van der Waals surface area contributed by atoms with Gasteiger partial charge in [0, 0.05) is 25.9 Å². The minimum absolute atomic E-state index is 0.0527. The van der Waals surface area contributed by atoms with Crippen LogP contribution in [0.5, 0.6) is 11.5 Å². The Labute approximate surface area is 213 Å². The van der Waals surface area contributed by atoms with Crippen LogP contribution in [-0.4, -0.2) is 36.1 Å². The molecule has 3 aromatic carbocycles. The van der Waals surface area contributed by atoms with Gasteiger partial charge in [0.05, 0.1) is 0 Å². The van der Waals surface area contributed by atoms with Gasteiger partial charge in [-0.1, -0.05) is 80.1 Å². The first-order chi connectivity index (χ1) is 17.6. The molecule has 1 heterocycles. The maximum Gasteiger partial charge on any atom is 0.243 e. The third kappa shape index (κ3) is 6.87. The molecule has 1 aliphatic rings. The highest BCUT2D eigenvalue weighted by Gasteiger charge is 2.30. The van der Waals surface area contributed by atoms with Crippen molar-refractivity contribution >= 4 is 11.8 Å². The fourth-order valence-corrected chi connectivity index (χ4v) is 4.33. The van der Waals surface area contributed by atoms with Crippen LogP contribution in [0.25, 0.3) is 0 Å². The number of benzene rings is 3.